The summed E-state index contributed by atoms with van der Waals surface area (Å²) in [5.74, 6) is -1.77. The van der Waals surface area contributed by atoms with Gasteiger partial charge in [-0.1, -0.05) is 6.07 Å². The van der Waals surface area contributed by atoms with Crippen LogP contribution >= 0.6 is 0 Å². The second-order valence-corrected chi connectivity index (χ2v) is 4.04. The minimum atomic E-state index is -0.911. The van der Waals surface area contributed by atoms with Gasteiger partial charge < -0.3 is 15.7 Å². The maximum atomic E-state index is 11.6. The molecule has 8 heteroatoms. The van der Waals surface area contributed by atoms with Crippen molar-refractivity contribution in [1.82, 2.24) is 5.32 Å². The number of aryl methyl sites for hydroxylation is 1. The Labute approximate surface area is 114 Å². The zero-order chi connectivity index (χ0) is 15.1. The second-order valence-electron chi connectivity index (χ2n) is 4.04. The van der Waals surface area contributed by atoms with Crippen molar-refractivity contribution >= 4 is 23.2 Å². The maximum absolute atomic E-state index is 11.6. The molecule has 0 heterocycles. The number of amides is 2. The lowest BCUT2D eigenvalue weighted by Gasteiger charge is -2.08. The van der Waals surface area contributed by atoms with Crippen LogP contribution in [0.15, 0.2) is 18.2 Å². The molecule has 0 fully saturated rings. The fourth-order valence-corrected chi connectivity index (χ4v) is 1.40. The van der Waals surface area contributed by atoms with E-state index in [4.69, 9.17) is 5.11 Å². The molecule has 0 bridgehead atoms. The summed E-state index contributed by atoms with van der Waals surface area (Å²) >= 11 is 0. The van der Waals surface area contributed by atoms with E-state index in [1.807, 2.05) is 0 Å². The number of aliphatic hydroxyl groups excluding tert-OH is 1. The van der Waals surface area contributed by atoms with Crippen molar-refractivity contribution in [2.45, 2.75) is 13.3 Å². The number of nitro groups is 1. The lowest BCUT2D eigenvalue weighted by Crippen LogP contribution is -2.36. The van der Waals surface area contributed by atoms with Gasteiger partial charge in [0, 0.05) is 25.3 Å². The minimum absolute atomic E-state index is 0.0914. The van der Waals surface area contributed by atoms with Gasteiger partial charge in [0.25, 0.3) is 5.69 Å². The van der Waals surface area contributed by atoms with Crippen LogP contribution in [0, 0.1) is 17.0 Å². The first-order valence-electron chi connectivity index (χ1n) is 5.90. The first-order chi connectivity index (χ1) is 9.45. The largest absolute Gasteiger partial charge is 0.396 e. The lowest BCUT2D eigenvalue weighted by molar-refractivity contribution is -0.384. The van der Waals surface area contributed by atoms with Gasteiger partial charge in [0.1, 0.15) is 0 Å². The normalized spacial score (nSPS) is 9.90. The van der Waals surface area contributed by atoms with Crippen LogP contribution in [0.2, 0.25) is 0 Å². The predicted molar refractivity (Wildman–Crippen MR) is 71.2 cm³/mol. The average molecular weight is 281 g/mol. The predicted octanol–water partition coefficient (Wildman–Crippen LogP) is 0.340. The highest BCUT2D eigenvalue weighted by Crippen LogP contribution is 2.21. The van der Waals surface area contributed by atoms with E-state index in [9.17, 15) is 19.7 Å². The van der Waals surface area contributed by atoms with Gasteiger partial charge in [-0.15, -0.1) is 0 Å². The summed E-state index contributed by atoms with van der Waals surface area (Å²) in [6, 6.07) is 3.98. The standard InChI is InChI=1S/C12H15N3O5/c1-8-3-4-9(15(19)20)7-10(8)14-12(18)11(17)13-5-2-6-16/h3-4,7,16H,2,5-6H2,1H3,(H,13,17)(H,14,18). The Morgan fingerprint density at radius 3 is 2.65 bits per heavy atom. The molecule has 0 saturated carbocycles. The van der Waals surface area contributed by atoms with Gasteiger partial charge in [0.2, 0.25) is 0 Å². The summed E-state index contributed by atoms with van der Waals surface area (Å²) in [7, 11) is 0. The van der Waals surface area contributed by atoms with Gasteiger partial charge in [-0.2, -0.15) is 0 Å². The molecule has 1 aromatic rings. The van der Waals surface area contributed by atoms with Crippen molar-refractivity contribution in [3.05, 3.63) is 33.9 Å². The Morgan fingerprint density at radius 1 is 1.35 bits per heavy atom. The van der Waals surface area contributed by atoms with Crippen LogP contribution < -0.4 is 10.6 Å². The Morgan fingerprint density at radius 2 is 2.05 bits per heavy atom. The first kappa shape index (κ1) is 15.6. The van der Waals surface area contributed by atoms with Crippen LogP contribution in [-0.2, 0) is 9.59 Å². The molecule has 0 atom stereocenters. The molecule has 3 N–H and O–H groups in total. The van der Waals surface area contributed by atoms with Gasteiger partial charge in [-0.3, -0.25) is 19.7 Å². The lowest BCUT2D eigenvalue weighted by atomic mass is 10.2. The minimum Gasteiger partial charge on any atom is -0.396 e. The summed E-state index contributed by atoms with van der Waals surface area (Å²) < 4.78 is 0. The Hall–Kier alpha value is -2.48. The fourth-order valence-electron chi connectivity index (χ4n) is 1.40. The van der Waals surface area contributed by atoms with Crippen LogP contribution in [-0.4, -0.2) is 35.0 Å². The second kappa shape index (κ2) is 7.19. The van der Waals surface area contributed by atoms with Crippen LogP contribution in [0.4, 0.5) is 11.4 Å². The number of nitrogens with one attached hydrogen (secondary N) is 2. The van der Waals surface area contributed by atoms with Crippen LogP contribution in [0.1, 0.15) is 12.0 Å². The van der Waals surface area contributed by atoms with Crippen molar-refractivity contribution in [2.75, 3.05) is 18.5 Å². The fraction of sp³-hybridized carbons (Fsp3) is 0.333. The number of nitro benzene ring substituents is 1. The van der Waals surface area contributed by atoms with E-state index in [-0.39, 0.29) is 24.5 Å². The molecular weight excluding hydrogens is 266 g/mol. The third-order valence-electron chi connectivity index (χ3n) is 2.51. The number of carbonyl (C=O) groups is 2. The van der Waals surface area contributed by atoms with Crippen LogP contribution in [0.3, 0.4) is 0 Å². The Balaban J connectivity index is 2.72. The number of rotatable bonds is 5. The highest BCUT2D eigenvalue weighted by molar-refractivity contribution is 6.39. The Bertz CT molecular complexity index is 530. The zero-order valence-corrected chi connectivity index (χ0v) is 10.9. The number of non-ortho nitro benzene ring substituents is 1. The van der Waals surface area contributed by atoms with E-state index in [1.54, 1.807) is 6.92 Å². The monoisotopic (exact) mass is 281 g/mol. The molecule has 0 saturated heterocycles. The molecule has 20 heavy (non-hydrogen) atoms. The van der Waals surface area contributed by atoms with Crippen molar-refractivity contribution < 1.29 is 19.6 Å². The maximum Gasteiger partial charge on any atom is 0.313 e. The summed E-state index contributed by atoms with van der Waals surface area (Å²) in [5, 5.41) is 23.8. The molecule has 0 unspecified atom stereocenters. The smallest absolute Gasteiger partial charge is 0.313 e. The van der Waals surface area contributed by atoms with E-state index in [0.29, 0.717) is 12.0 Å². The molecule has 1 rings (SSSR count). The SMILES string of the molecule is Cc1ccc([N+](=O)[O-])cc1NC(=O)C(=O)NCCCO. The zero-order valence-electron chi connectivity index (χ0n) is 10.9. The highest BCUT2D eigenvalue weighted by atomic mass is 16.6. The number of nitrogens with zero attached hydrogens (tertiary/aromatic N) is 1. The molecule has 2 amide bonds. The molecule has 0 spiro atoms. The number of aliphatic hydroxyl groups is 1. The van der Waals surface area contributed by atoms with E-state index >= 15 is 0 Å². The number of hydrogen-bond acceptors (Lipinski definition) is 5. The number of benzene rings is 1. The van der Waals surface area contributed by atoms with Crippen molar-refractivity contribution in [3.63, 3.8) is 0 Å². The topological polar surface area (TPSA) is 122 Å². The molecular formula is C12H15N3O5. The summed E-state index contributed by atoms with van der Waals surface area (Å²) in [5.41, 5.74) is 0.639. The molecule has 0 aliphatic carbocycles. The molecule has 0 radical (unpaired) electrons. The van der Waals surface area contributed by atoms with Crippen LogP contribution in [0.25, 0.3) is 0 Å². The molecule has 0 aliphatic heterocycles. The van der Waals surface area contributed by atoms with Crippen molar-refractivity contribution in [1.29, 1.82) is 0 Å². The van der Waals surface area contributed by atoms with Gasteiger partial charge >= 0.3 is 11.8 Å². The third kappa shape index (κ3) is 4.32. The van der Waals surface area contributed by atoms with Crippen molar-refractivity contribution in [2.24, 2.45) is 0 Å². The van der Waals surface area contributed by atoms with E-state index in [2.05, 4.69) is 10.6 Å². The van der Waals surface area contributed by atoms with Gasteiger partial charge in [0.05, 0.1) is 10.6 Å². The summed E-state index contributed by atoms with van der Waals surface area (Å²) in [6.07, 6.45) is 0.342. The third-order valence-corrected chi connectivity index (χ3v) is 2.51. The van der Waals surface area contributed by atoms with E-state index in [1.165, 1.54) is 18.2 Å². The number of carbonyl (C=O) groups excluding carboxylic acids is 2. The van der Waals surface area contributed by atoms with E-state index in [0.717, 1.165) is 0 Å². The molecule has 8 nitrogen and oxygen atoms in total. The van der Waals surface area contributed by atoms with E-state index < -0.39 is 16.7 Å². The number of anilines is 1. The molecule has 0 aliphatic rings. The highest BCUT2D eigenvalue weighted by Gasteiger charge is 2.16. The summed E-state index contributed by atoms with van der Waals surface area (Å²) in [4.78, 5) is 33.1. The number of hydrogen-bond donors (Lipinski definition) is 3. The average Bonchev–Trinajstić information content (AvgIpc) is 2.41. The van der Waals surface area contributed by atoms with Gasteiger partial charge in [-0.25, -0.2) is 0 Å². The Kier molecular flexibility index (Phi) is 5.60. The first-order valence-corrected chi connectivity index (χ1v) is 5.90. The quantitative estimate of drug-likeness (QED) is 0.311. The molecule has 108 valence electrons. The summed E-state index contributed by atoms with van der Waals surface area (Å²) in [6.45, 7) is 1.74. The van der Waals surface area contributed by atoms with Crippen molar-refractivity contribution in [3.8, 4) is 0 Å². The van der Waals surface area contributed by atoms with Crippen LogP contribution in [0.5, 0.6) is 0 Å². The molecule has 1 aromatic carbocycles. The van der Waals surface area contributed by atoms with Gasteiger partial charge in [-0.05, 0) is 18.9 Å². The van der Waals surface area contributed by atoms with Gasteiger partial charge in [0.15, 0.2) is 0 Å². The molecule has 0 aromatic heterocycles.